The molecule has 6 nitrogen and oxygen atoms in total. The first-order chi connectivity index (χ1) is 8.56. The second-order valence-electron chi connectivity index (χ2n) is 4.81. The highest BCUT2D eigenvalue weighted by atomic mass is 16.4. The van der Waals surface area contributed by atoms with E-state index in [9.17, 15) is 9.59 Å². The molecule has 1 aliphatic carbocycles. The van der Waals surface area contributed by atoms with Gasteiger partial charge in [-0.2, -0.15) is 0 Å². The second kappa shape index (κ2) is 7.20. The summed E-state index contributed by atoms with van der Waals surface area (Å²) in [5.41, 5.74) is 0. The van der Waals surface area contributed by atoms with Crippen LogP contribution in [0.2, 0.25) is 0 Å². The predicted octanol–water partition coefficient (Wildman–Crippen LogP) is 0.654. The third-order valence-corrected chi connectivity index (χ3v) is 3.14. The Labute approximate surface area is 107 Å². The lowest BCUT2D eigenvalue weighted by molar-refractivity contribution is -0.139. The number of hydrogen-bond acceptors (Lipinski definition) is 3. The number of urea groups is 1. The normalized spacial score (nSPS) is 16.1. The van der Waals surface area contributed by atoms with E-state index in [-0.39, 0.29) is 18.6 Å². The van der Waals surface area contributed by atoms with Crippen LogP contribution in [0.25, 0.3) is 0 Å². The maximum Gasteiger partial charge on any atom is 0.326 e. The summed E-state index contributed by atoms with van der Waals surface area (Å²) in [6.07, 6.45) is 4.15. The van der Waals surface area contributed by atoms with Crippen LogP contribution in [0.5, 0.6) is 0 Å². The lowest BCUT2D eigenvalue weighted by Crippen LogP contribution is -2.48. The van der Waals surface area contributed by atoms with Gasteiger partial charge in [0, 0.05) is 20.2 Å². The lowest BCUT2D eigenvalue weighted by atomic mass is 10.2. The number of nitrogens with zero attached hydrogens (tertiary/aromatic N) is 1. The van der Waals surface area contributed by atoms with Gasteiger partial charge in [-0.1, -0.05) is 0 Å². The molecular weight excluding hydrogens is 236 g/mol. The number of amides is 2. The Morgan fingerprint density at radius 2 is 2.00 bits per heavy atom. The number of hydrogen-bond donors (Lipinski definition) is 3. The molecule has 1 saturated carbocycles. The Hall–Kier alpha value is -1.30. The van der Waals surface area contributed by atoms with Crippen molar-refractivity contribution in [1.29, 1.82) is 0 Å². The van der Waals surface area contributed by atoms with Crippen LogP contribution in [-0.4, -0.2) is 53.4 Å². The van der Waals surface area contributed by atoms with Crippen molar-refractivity contribution in [3.05, 3.63) is 0 Å². The number of aliphatic hydroxyl groups is 1. The maximum absolute atomic E-state index is 11.8. The van der Waals surface area contributed by atoms with E-state index in [1.165, 1.54) is 4.90 Å². The summed E-state index contributed by atoms with van der Waals surface area (Å²) in [6, 6.07) is -1.09. The Morgan fingerprint density at radius 1 is 1.33 bits per heavy atom. The summed E-state index contributed by atoms with van der Waals surface area (Å²) in [4.78, 5) is 24.2. The van der Waals surface area contributed by atoms with Crippen LogP contribution in [-0.2, 0) is 4.79 Å². The molecular formula is C12H22N2O4. The van der Waals surface area contributed by atoms with E-state index in [4.69, 9.17) is 10.2 Å². The summed E-state index contributed by atoms with van der Waals surface area (Å²) in [7, 11) is 1.65. The minimum atomic E-state index is -0.959. The molecule has 0 bridgehead atoms. The first kappa shape index (κ1) is 14.8. The van der Waals surface area contributed by atoms with Gasteiger partial charge in [-0.15, -0.1) is 0 Å². The molecule has 18 heavy (non-hydrogen) atoms. The van der Waals surface area contributed by atoms with Crippen molar-refractivity contribution >= 4 is 12.0 Å². The number of carboxylic acid groups (broad SMARTS) is 1. The number of unbranched alkanes of at least 4 members (excludes halogenated alkanes) is 2. The van der Waals surface area contributed by atoms with Crippen LogP contribution in [0.3, 0.4) is 0 Å². The number of carbonyl (C=O) groups is 2. The van der Waals surface area contributed by atoms with Crippen LogP contribution in [0.1, 0.15) is 32.1 Å². The maximum atomic E-state index is 11.8. The summed E-state index contributed by atoms with van der Waals surface area (Å²) in [5.74, 6) is -0.867. The van der Waals surface area contributed by atoms with Gasteiger partial charge in [-0.3, -0.25) is 0 Å². The minimum Gasteiger partial charge on any atom is -0.480 e. The Kier molecular flexibility index (Phi) is 5.91. The molecule has 1 rings (SSSR count). The number of aliphatic carboxylic acids is 1. The van der Waals surface area contributed by atoms with Crippen molar-refractivity contribution in [3.63, 3.8) is 0 Å². The largest absolute Gasteiger partial charge is 0.480 e. The average molecular weight is 258 g/mol. The highest BCUT2D eigenvalue weighted by Crippen LogP contribution is 2.32. The SMILES string of the molecule is CN(CCCCCO)C(=O)NC(C(=O)O)C1CC1. The summed E-state index contributed by atoms with van der Waals surface area (Å²) >= 11 is 0. The van der Waals surface area contributed by atoms with Crippen molar-refractivity contribution in [2.75, 3.05) is 20.2 Å². The quantitative estimate of drug-likeness (QED) is 0.558. The van der Waals surface area contributed by atoms with E-state index in [1.807, 2.05) is 0 Å². The van der Waals surface area contributed by atoms with E-state index in [0.29, 0.717) is 6.54 Å². The van der Waals surface area contributed by atoms with Crippen molar-refractivity contribution in [1.82, 2.24) is 10.2 Å². The van der Waals surface area contributed by atoms with E-state index in [2.05, 4.69) is 5.32 Å². The molecule has 0 aliphatic heterocycles. The summed E-state index contributed by atoms with van der Waals surface area (Å²) in [5, 5.41) is 20.2. The predicted molar refractivity (Wildman–Crippen MR) is 66.2 cm³/mol. The summed E-state index contributed by atoms with van der Waals surface area (Å²) in [6.45, 7) is 0.738. The number of rotatable bonds is 8. The van der Waals surface area contributed by atoms with E-state index >= 15 is 0 Å². The molecule has 1 atom stereocenters. The number of aliphatic hydroxyl groups excluding tert-OH is 1. The molecule has 0 aromatic heterocycles. The Balaban J connectivity index is 2.27. The van der Waals surface area contributed by atoms with Crippen molar-refractivity contribution in [3.8, 4) is 0 Å². The smallest absolute Gasteiger partial charge is 0.326 e. The molecule has 1 fully saturated rings. The second-order valence-corrected chi connectivity index (χ2v) is 4.81. The molecule has 6 heteroatoms. The van der Waals surface area contributed by atoms with Crippen LogP contribution in [0.15, 0.2) is 0 Å². The van der Waals surface area contributed by atoms with Crippen LogP contribution < -0.4 is 5.32 Å². The zero-order valence-electron chi connectivity index (χ0n) is 10.8. The molecule has 0 spiro atoms. The number of carbonyl (C=O) groups excluding carboxylic acids is 1. The fourth-order valence-electron chi connectivity index (χ4n) is 1.79. The third kappa shape index (κ3) is 4.91. The first-order valence-corrected chi connectivity index (χ1v) is 6.41. The molecule has 0 radical (unpaired) electrons. The Bertz CT molecular complexity index is 292. The Morgan fingerprint density at radius 3 is 2.50 bits per heavy atom. The monoisotopic (exact) mass is 258 g/mol. The zero-order chi connectivity index (χ0) is 13.5. The van der Waals surface area contributed by atoms with E-state index < -0.39 is 12.0 Å². The molecule has 104 valence electrons. The van der Waals surface area contributed by atoms with Crippen LogP contribution in [0, 0.1) is 5.92 Å². The van der Waals surface area contributed by atoms with E-state index in [0.717, 1.165) is 32.1 Å². The summed E-state index contributed by atoms with van der Waals surface area (Å²) < 4.78 is 0. The highest BCUT2D eigenvalue weighted by Gasteiger charge is 2.37. The molecule has 0 saturated heterocycles. The fourth-order valence-corrected chi connectivity index (χ4v) is 1.79. The molecule has 0 aromatic carbocycles. The van der Waals surface area contributed by atoms with Crippen molar-refractivity contribution in [2.24, 2.45) is 5.92 Å². The van der Waals surface area contributed by atoms with Gasteiger partial charge in [0.05, 0.1) is 0 Å². The van der Waals surface area contributed by atoms with Gasteiger partial charge in [0.1, 0.15) is 6.04 Å². The fraction of sp³-hybridized carbons (Fsp3) is 0.833. The van der Waals surface area contributed by atoms with Crippen LogP contribution in [0.4, 0.5) is 4.79 Å². The van der Waals surface area contributed by atoms with Gasteiger partial charge in [0.25, 0.3) is 0 Å². The molecule has 1 unspecified atom stereocenters. The number of carboxylic acids is 1. The standard InChI is InChI=1S/C12H22N2O4/c1-14(7-3-2-4-8-15)12(18)13-10(11(16)17)9-5-6-9/h9-10,15H,2-8H2,1H3,(H,13,18)(H,16,17). The van der Waals surface area contributed by atoms with Gasteiger partial charge >= 0.3 is 12.0 Å². The van der Waals surface area contributed by atoms with Gasteiger partial charge in [0.2, 0.25) is 0 Å². The average Bonchev–Trinajstić information content (AvgIpc) is 3.14. The van der Waals surface area contributed by atoms with Gasteiger partial charge < -0.3 is 20.4 Å². The van der Waals surface area contributed by atoms with Crippen molar-refractivity contribution < 1.29 is 19.8 Å². The third-order valence-electron chi connectivity index (χ3n) is 3.14. The van der Waals surface area contributed by atoms with E-state index in [1.54, 1.807) is 7.05 Å². The van der Waals surface area contributed by atoms with Gasteiger partial charge in [-0.05, 0) is 38.0 Å². The molecule has 2 amide bonds. The van der Waals surface area contributed by atoms with Gasteiger partial charge in [-0.25, -0.2) is 9.59 Å². The van der Waals surface area contributed by atoms with Crippen LogP contribution >= 0.6 is 0 Å². The molecule has 1 aliphatic rings. The molecule has 3 N–H and O–H groups in total. The number of nitrogens with one attached hydrogen (secondary N) is 1. The first-order valence-electron chi connectivity index (χ1n) is 6.41. The topological polar surface area (TPSA) is 89.9 Å². The molecule has 0 aromatic rings. The van der Waals surface area contributed by atoms with Crippen molar-refractivity contribution in [2.45, 2.75) is 38.1 Å². The minimum absolute atomic E-state index is 0.0919. The molecule has 0 heterocycles. The zero-order valence-corrected chi connectivity index (χ0v) is 10.8. The highest BCUT2D eigenvalue weighted by molar-refractivity contribution is 5.83. The lowest BCUT2D eigenvalue weighted by Gasteiger charge is -2.21. The van der Waals surface area contributed by atoms with Gasteiger partial charge in [0.15, 0.2) is 0 Å².